The minimum absolute atomic E-state index is 0.0425. The van der Waals surface area contributed by atoms with Crippen molar-refractivity contribution in [1.82, 2.24) is 0 Å². The van der Waals surface area contributed by atoms with Crippen molar-refractivity contribution >= 4 is 48.6 Å². The summed E-state index contributed by atoms with van der Waals surface area (Å²) in [7, 11) is 0. The quantitative estimate of drug-likeness (QED) is 0.166. The molecule has 0 saturated heterocycles. The maximum Gasteiger partial charge on any atom is 0.0726 e. The Balaban J connectivity index is 1.08. The molecule has 0 N–H and O–H groups in total. The van der Waals surface area contributed by atoms with Crippen LogP contribution in [0.1, 0.15) is 99.9 Å². The minimum atomic E-state index is -0.557. The Morgan fingerprint density at radius 1 is 0.351 bits per heavy atom. The lowest BCUT2D eigenvalue weighted by Gasteiger charge is -2.34. The fourth-order valence-electron chi connectivity index (χ4n) is 13.4. The van der Waals surface area contributed by atoms with E-state index in [-0.39, 0.29) is 16.2 Å². The molecule has 2 heteroatoms. The molecule has 0 amide bonds. The van der Waals surface area contributed by atoms with Gasteiger partial charge in [0.25, 0.3) is 0 Å². The summed E-state index contributed by atoms with van der Waals surface area (Å²) >= 11 is 1.90. The van der Waals surface area contributed by atoms with Crippen LogP contribution in [0.5, 0.6) is 0 Å². The first-order valence-electron chi connectivity index (χ1n) is 26.4. The highest BCUT2D eigenvalue weighted by atomic mass is 32.1. The summed E-state index contributed by atoms with van der Waals surface area (Å²) in [5, 5.41) is 2.60. The second kappa shape index (κ2) is 15.9. The zero-order valence-corrected chi connectivity index (χ0v) is 44.4. The van der Waals surface area contributed by atoms with Gasteiger partial charge in [-0.15, -0.1) is 11.3 Å². The third-order valence-electron chi connectivity index (χ3n) is 17.0. The molecule has 14 rings (SSSR count). The second-order valence-electron chi connectivity index (χ2n) is 23.6. The number of anilines is 3. The lowest BCUT2D eigenvalue weighted by Crippen LogP contribution is -2.27. The van der Waals surface area contributed by atoms with Gasteiger partial charge in [-0.25, -0.2) is 0 Å². The van der Waals surface area contributed by atoms with E-state index >= 15 is 0 Å². The molecular formula is C72H59NS. The van der Waals surface area contributed by atoms with Gasteiger partial charge in [0.2, 0.25) is 0 Å². The Morgan fingerprint density at radius 2 is 0.811 bits per heavy atom. The first kappa shape index (κ1) is 44.9. The van der Waals surface area contributed by atoms with Gasteiger partial charge in [0.15, 0.2) is 0 Å². The maximum absolute atomic E-state index is 2.60. The van der Waals surface area contributed by atoms with E-state index < -0.39 is 5.41 Å². The van der Waals surface area contributed by atoms with Gasteiger partial charge in [0, 0.05) is 48.0 Å². The molecule has 74 heavy (non-hydrogen) atoms. The topological polar surface area (TPSA) is 3.24 Å². The van der Waals surface area contributed by atoms with E-state index in [4.69, 9.17) is 0 Å². The zero-order chi connectivity index (χ0) is 50.5. The van der Waals surface area contributed by atoms with E-state index in [1.807, 2.05) is 11.3 Å². The van der Waals surface area contributed by atoms with Crippen molar-refractivity contribution < 1.29 is 0 Å². The van der Waals surface area contributed by atoms with Crippen molar-refractivity contribution in [3.8, 4) is 55.6 Å². The number of hydrogen-bond acceptors (Lipinski definition) is 2. The number of benzene rings is 10. The molecule has 1 aromatic heterocycles. The predicted molar refractivity (Wildman–Crippen MR) is 316 cm³/mol. The molecule has 1 spiro atoms. The SMILES string of the molecule is CC(C)(C)c1ccc2c(c1)C1(c3ccccc3-c3ccc(N(c4ccccc4-c4cccc5c4-c4ccccc4C5(C)C)c4ccccc4-c4cccc5c4sc4ccccc45)cc31)c1cc(C(C)(C)C)ccc1-2. The Hall–Kier alpha value is -7.78. The number of rotatable bonds is 5. The summed E-state index contributed by atoms with van der Waals surface area (Å²) in [6.45, 7) is 18.9. The van der Waals surface area contributed by atoms with E-state index in [1.165, 1.54) is 120 Å². The molecule has 1 nitrogen and oxygen atoms in total. The predicted octanol–water partition coefficient (Wildman–Crippen LogP) is 20.1. The average Bonchev–Trinajstić information content (AvgIpc) is 4.14. The Bertz CT molecular complexity index is 4080. The molecule has 3 aliphatic rings. The lowest BCUT2D eigenvalue weighted by molar-refractivity contribution is 0.586. The van der Waals surface area contributed by atoms with E-state index in [0.717, 1.165) is 17.1 Å². The van der Waals surface area contributed by atoms with Crippen molar-refractivity contribution in [1.29, 1.82) is 0 Å². The van der Waals surface area contributed by atoms with Crippen molar-refractivity contribution in [2.45, 2.75) is 77.0 Å². The van der Waals surface area contributed by atoms with Gasteiger partial charge >= 0.3 is 0 Å². The van der Waals surface area contributed by atoms with E-state index in [2.05, 4.69) is 273 Å². The van der Waals surface area contributed by atoms with Gasteiger partial charge in [0.1, 0.15) is 0 Å². The molecule has 358 valence electrons. The molecule has 1 heterocycles. The minimum Gasteiger partial charge on any atom is -0.309 e. The summed E-state index contributed by atoms with van der Waals surface area (Å²) in [5.74, 6) is 0. The van der Waals surface area contributed by atoms with Crippen LogP contribution < -0.4 is 4.90 Å². The summed E-state index contributed by atoms with van der Waals surface area (Å²) in [4.78, 5) is 2.60. The van der Waals surface area contributed by atoms with Crippen LogP contribution in [0.25, 0.3) is 75.8 Å². The molecular weight excluding hydrogens is 911 g/mol. The molecule has 0 aliphatic heterocycles. The van der Waals surface area contributed by atoms with Crippen LogP contribution in [0.3, 0.4) is 0 Å². The second-order valence-corrected chi connectivity index (χ2v) is 24.6. The van der Waals surface area contributed by atoms with Crippen LogP contribution in [-0.2, 0) is 21.7 Å². The molecule has 0 unspecified atom stereocenters. The van der Waals surface area contributed by atoms with E-state index in [1.54, 1.807) is 0 Å². The van der Waals surface area contributed by atoms with Gasteiger partial charge in [0.05, 0.1) is 16.8 Å². The van der Waals surface area contributed by atoms with Crippen LogP contribution in [0.2, 0.25) is 0 Å². The number of nitrogens with zero attached hydrogens (tertiary/aromatic N) is 1. The van der Waals surface area contributed by atoms with Gasteiger partial charge in [-0.3, -0.25) is 0 Å². The van der Waals surface area contributed by atoms with Gasteiger partial charge in [-0.05, 0) is 125 Å². The van der Waals surface area contributed by atoms with Crippen molar-refractivity contribution in [3.63, 3.8) is 0 Å². The van der Waals surface area contributed by atoms with Crippen LogP contribution in [-0.4, -0.2) is 0 Å². The normalized spacial score (nSPS) is 14.4. The fraction of sp³-hybridized carbons (Fsp3) is 0.167. The molecule has 11 aromatic rings. The Morgan fingerprint density at radius 3 is 1.47 bits per heavy atom. The molecule has 0 bridgehead atoms. The Kier molecular flexibility index (Phi) is 9.62. The van der Waals surface area contributed by atoms with Gasteiger partial charge in [-0.1, -0.05) is 237 Å². The molecule has 0 atom stereocenters. The summed E-state index contributed by atoms with van der Waals surface area (Å²) < 4.78 is 2.61. The van der Waals surface area contributed by atoms with Gasteiger partial charge < -0.3 is 4.90 Å². The van der Waals surface area contributed by atoms with Gasteiger partial charge in [-0.2, -0.15) is 0 Å². The van der Waals surface area contributed by atoms with Crippen molar-refractivity contribution in [2.24, 2.45) is 0 Å². The number of thiophene rings is 1. The molecule has 0 saturated carbocycles. The largest absolute Gasteiger partial charge is 0.309 e. The third-order valence-corrected chi connectivity index (χ3v) is 18.3. The standard InChI is InChI=1S/C72H59NS/c1-69(2,3)44-35-38-48-49-39-36-45(70(4,5)6)42-62(49)72(61(48)41-44)59-30-15-9-21-47(59)50-40-37-46(43-63(50)72)73(65-33-17-12-23-52(65)55-27-19-28-56-53-24-13-18-34-66(53)74-68(55)56)64-32-16-11-22-51(64)54-26-20-31-60-67(54)57-25-10-14-29-58(57)71(60,7)8/h9-43H,1-8H3. The zero-order valence-electron chi connectivity index (χ0n) is 43.6. The fourth-order valence-corrected chi connectivity index (χ4v) is 14.6. The molecule has 0 radical (unpaired) electrons. The highest BCUT2D eigenvalue weighted by molar-refractivity contribution is 7.26. The molecule has 0 fully saturated rings. The summed E-state index contributed by atoms with van der Waals surface area (Å²) in [6.07, 6.45) is 0. The van der Waals surface area contributed by atoms with E-state index in [9.17, 15) is 0 Å². The summed E-state index contributed by atoms with van der Waals surface area (Å²) in [6, 6.07) is 81.6. The van der Waals surface area contributed by atoms with Crippen LogP contribution in [0.4, 0.5) is 17.1 Å². The van der Waals surface area contributed by atoms with Crippen LogP contribution >= 0.6 is 11.3 Å². The number of para-hydroxylation sites is 2. The smallest absolute Gasteiger partial charge is 0.0726 e. The van der Waals surface area contributed by atoms with Crippen LogP contribution in [0.15, 0.2) is 212 Å². The number of hydrogen-bond donors (Lipinski definition) is 0. The molecule has 3 aliphatic carbocycles. The third kappa shape index (κ3) is 6.28. The highest BCUT2D eigenvalue weighted by Crippen LogP contribution is 2.65. The Labute approximate surface area is 440 Å². The van der Waals surface area contributed by atoms with Crippen LogP contribution in [0, 0.1) is 0 Å². The van der Waals surface area contributed by atoms with E-state index in [0.29, 0.717) is 0 Å². The highest BCUT2D eigenvalue weighted by Gasteiger charge is 2.52. The lowest BCUT2D eigenvalue weighted by atomic mass is 9.68. The number of fused-ring (bicyclic) bond motifs is 16. The first-order valence-corrected chi connectivity index (χ1v) is 27.2. The first-order chi connectivity index (χ1) is 35.7. The monoisotopic (exact) mass is 969 g/mol. The summed E-state index contributed by atoms with van der Waals surface area (Å²) in [5.41, 5.74) is 26.3. The maximum atomic E-state index is 2.60. The van der Waals surface area contributed by atoms with Crippen molar-refractivity contribution in [2.75, 3.05) is 4.90 Å². The molecule has 10 aromatic carbocycles. The van der Waals surface area contributed by atoms with Crippen molar-refractivity contribution in [3.05, 3.63) is 257 Å². The average molecular weight is 970 g/mol.